The summed E-state index contributed by atoms with van der Waals surface area (Å²) in [5, 5.41) is 19.8. The third kappa shape index (κ3) is 4.01. The Morgan fingerprint density at radius 3 is 2.79 bits per heavy atom. The van der Waals surface area contributed by atoms with Crippen molar-refractivity contribution >= 4 is 28.8 Å². The number of hydrogen-bond donors (Lipinski definition) is 3. The van der Waals surface area contributed by atoms with Crippen molar-refractivity contribution in [3.8, 4) is 0 Å². The average molecular weight is 344 g/mol. The van der Waals surface area contributed by atoms with Crippen LogP contribution in [-0.2, 0) is 10.4 Å². The van der Waals surface area contributed by atoms with E-state index in [0.717, 1.165) is 18.4 Å². The lowest BCUT2D eigenvalue weighted by Crippen LogP contribution is -2.38. The number of carbonyl (C=O) groups is 2. The van der Waals surface area contributed by atoms with E-state index in [1.54, 1.807) is 31.2 Å². The molecule has 0 radical (unpaired) electrons. The van der Waals surface area contributed by atoms with Crippen molar-refractivity contribution in [1.82, 2.24) is 5.32 Å². The van der Waals surface area contributed by atoms with Gasteiger partial charge in [-0.15, -0.1) is 0 Å². The van der Waals surface area contributed by atoms with Crippen LogP contribution in [0.1, 0.15) is 35.7 Å². The summed E-state index contributed by atoms with van der Waals surface area (Å²) in [6.07, 6.45) is 1.87. The molecular formula is C18H20N2O3S. The van der Waals surface area contributed by atoms with Crippen molar-refractivity contribution < 1.29 is 14.7 Å². The topological polar surface area (TPSA) is 78.4 Å². The molecule has 1 aliphatic carbocycles. The molecule has 5 nitrogen and oxygen atoms in total. The van der Waals surface area contributed by atoms with Crippen LogP contribution < -0.4 is 10.6 Å². The Kier molecular flexibility index (Phi) is 4.69. The van der Waals surface area contributed by atoms with E-state index in [1.165, 1.54) is 11.3 Å². The quantitative estimate of drug-likeness (QED) is 0.754. The van der Waals surface area contributed by atoms with Gasteiger partial charge in [0.15, 0.2) is 0 Å². The molecule has 24 heavy (non-hydrogen) atoms. The Morgan fingerprint density at radius 2 is 2.12 bits per heavy atom. The predicted molar refractivity (Wildman–Crippen MR) is 94.0 cm³/mol. The third-order valence-electron chi connectivity index (χ3n) is 4.08. The van der Waals surface area contributed by atoms with Crippen LogP contribution in [0.3, 0.4) is 0 Å². The average Bonchev–Trinajstić information content (AvgIpc) is 3.27. The fraction of sp³-hybridized carbons (Fsp3) is 0.333. The highest BCUT2D eigenvalue weighted by Crippen LogP contribution is 2.30. The maximum absolute atomic E-state index is 12.3. The molecule has 1 aliphatic rings. The molecule has 1 fully saturated rings. The standard InChI is InChI=1S/C18H20N2O3S/c1-18(23,14-7-8-24-10-14)11-19-16(21)13-3-2-4-15(9-13)20-17(22)12-5-6-12/h2-4,7-10,12,23H,5-6,11H2,1H3,(H,19,21)(H,20,22). The van der Waals surface area contributed by atoms with Crippen molar-refractivity contribution in [3.63, 3.8) is 0 Å². The van der Waals surface area contributed by atoms with Gasteiger partial charge >= 0.3 is 0 Å². The van der Waals surface area contributed by atoms with E-state index in [0.29, 0.717) is 11.3 Å². The molecule has 0 spiro atoms. The minimum atomic E-state index is -1.12. The number of amides is 2. The van der Waals surface area contributed by atoms with Gasteiger partial charge in [0.25, 0.3) is 5.91 Å². The van der Waals surface area contributed by atoms with E-state index in [2.05, 4.69) is 10.6 Å². The highest BCUT2D eigenvalue weighted by Gasteiger charge is 2.29. The number of carbonyl (C=O) groups excluding carboxylic acids is 2. The zero-order valence-corrected chi connectivity index (χ0v) is 14.2. The Hall–Kier alpha value is -2.18. The largest absolute Gasteiger partial charge is 0.384 e. The summed E-state index contributed by atoms with van der Waals surface area (Å²) in [4.78, 5) is 24.1. The van der Waals surface area contributed by atoms with Gasteiger partial charge in [-0.25, -0.2) is 0 Å². The first-order valence-electron chi connectivity index (χ1n) is 7.90. The summed E-state index contributed by atoms with van der Waals surface area (Å²) in [5.74, 6) is -0.163. The second-order valence-electron chi connectivity index (χ2n) is 6.31. The summed E-state index contributed by atoms with van der Waals surface area (Å²) >= 11 is 1.50. The summed E-state index contributed by atoms with van der Waals surface area (Å²) in [6, 6.07) is 8.66. The van der Waals surface area contributed by atoms with Crippen LogP contribution in [0.5, 0.6) is 0 Å². The summed E-state index contributed by atoms with van der Waals surface area (Å²) in [6.45, 7) is 1.78. The molecule has 1 unspecified atom stereocenters. The lowest BCUT2D eigenvalue weighted by Gasteiger charge is -2.22. The van der Waals surface area contributed by atoms with E-state index in [9.17, 15) is 14.7 Å². The minimum Gasteiger partial charge on any atom is -0.384 e. The maximum Gasteiger partial charge on any atom is 0.251 e. The van der Waals surface area contributed by atoms with Crippen molar-refractivity contribution in [2.45, 2.75) is 25.4 Å². The molecule has 6 heteroatoms. The Bertz CT molecular complexity index is 736. The predicted octanol–water partition coefficient (Wildman–Crippen LogP) is 2.73. The van der Waals surface area contributed by atoms with Crippen LogP contribution in [0.15, 0.2) is 41.1 Å². The van der Waals surface area contributed by atoms with Crippen molar-refractivity contribution in [2.75, 3.05) is 11.9 Å². The van der Waals surface area contributed by atoms with Gasteiger partial charge < -0.3 is 15.7 Å². The number of hydrogen-bond acceptors (Lipinski definition) is 4. The fourth-order valence-corrected chi connectivity index (χ4v) is 3.14. The van der Waals surface area contributed by atoms with Gasteiger partial charge in [-0.2, -0.15) is 11.3 Å². The zero-order valence-electron chi connectivity index (χ0n) is 13.4. The van der Waals surface area contributed by atoms with Crippen molar-refractivity contribution in [3.05, 3.63) is 52.2 Å². The lowest BCUT2D eigenvalue weighted by molar-refractivity contribution is -0.117. The molecule has 2 amide bonds. The van der Waals surface area contributed by atoms with E-state index in [1.807, 2.05) is 16.8 Å². The van der Waals surface area contributed by atoms with E-state index >= 15 is 0 Å². The first kappa shape index (κ1) is 16.7. The highest BCUT2D eigenvalue weighted by molar-refractivity contribution is 7.08. The minimum absolute atomic E-state index is 0.00736. The van der Waals surface area contributed by atoms with Crippen LogP contribution in [0.25, 0.3) is 0 Å². The molecule has 2 aromatic rings. The number of rotatable bonds is 6. The zero-order chi connectivity index (χ0) is 17.2. The Morgan fingerprint density at radius 1 is 1.33 bits per heavy atom. The monoisotopic (exact) mass is 344 g/mol. The van der Waals surface area contributed by atoms with Gasteiger partial charge in [0.2, 0.25) is 5.91 Å². The third-order valence-corrected chi connectivity index (χ3v) is 4.76. The molecule has 1 atom stereocenters. The molecule has 1 aromatic carbocycles. The molecule has 0 aliphatic heterocycles. The molecule has 1 aromatic heterocycles. The van der Waals surface area contributed by atoms with E-state index in [-0.39, 0.29) is 24.3 Å². The number of nitrogens with one attached hydrogen (secondary N) is 2. The Balaban J connectivity index is 1.61. The molecule has 1 saturated carbocycles. The van der Waals surface area contributed by atoms with Crippen molar-refractivity contribution in [1.29, 1.82) is 0 Å². The first-order chi connectivity index (χ1) is 11.5. The molecule has 0 saturated heterocycles. The van der Waals surface area contributed by atoms with Gasteiger partial charge in [0.1, 0.15) is 5.60 Å². The molecular weight excluding hydrogens is 324 g/mol. The summed E-state index contributed by atoms with van der Waals surface area (Å²) < 4.78 is 0. The lowest BCUT2D eigenvalue weighted by atomic mass is 9.99. The van der Waals surface area contributed by atoms with Crippen LogP contribution >= 0.6 is 11.3 Å². The molecule has 1 heterocycles. The van der Waals surface area contributed by atoms with E-state index < -0.39 is 5.60 Å². The number of aliphatic hydroxyl groups is 1. The van der Waals surface area contributed by atoms with Crippen LogP contribution in [0.4, 0.5) is 5.69 Å². The van der Waals surface area contributed by atoms with Crippen molar-refractivity contribution in [2.24, 2.45) is 5.92 Å². The van der Waals surface area contributed by atoms with Gasteiger partial charge in [-0.1, -0.05) is 6.07 Å². The number of thiophene rings is 1. The van der Waals surface area contributed by atoms with Crippen LogP contribution in [0, 0.1) is 5.92 Å². The smallest absolute Gasteiger partial charge is 0.251 e. The maximum atomic E-state index is 12.3. The summed E-state index contributed by atoms with van der Waals surface area (Å²) in [5.41, 5.74) is 0.722. The van der Waals surface area contributed by atoms with Gasteiger partial charge in [0, 0.05) is 17.2 Å². The van der Waals surface area contributed by atoms with Gasteiger partial charge in [-0.3, -0.25) is 9.59 Å². The second-order valence-corrected chi connectivity index (χ2v) is 7.09. The van der Waals surface area contributed by atoms with Crippen LogP contribution in [-0.4, -0.2) is 23.5 Å². The molecule has 0 bridgehead atoms. The van der Waals surface area contributed by atoms with Gasteiger partial charge in [-0.05, 0) is 60.4 Å². The molecule has 3 N–H and O–H groups in total. The molecule has 126 valence electrons. The number of anilines is 1. The number of benzene rings is 1. The fourth-order valence-electron chi connectivity index (χ4n) is 2.36. The first-order valence-corrected chi connectivity index (χ1v) is 8.84. The second kappa shape index (κ2) is 6.75. The molecule has 3 rings (SSSR count). The Labute approximate surface area is 144 Å². The van der Waals surface area contributed by atoms with E-state index in [4.69, 9.17) is 0 Å². The van der Waals surface area contributed by atoms with Gasteiger partial charge in [0.05, 0.1) is 6.54 Å². The van der Waals surface area contributed by atoms with Crippen LogP contribution in [0.2, 0.25) is 0 Å². The summed E-state index contributed by atoms with van der Waals surface area (Å²) in [7, 11) is 0. The SMILES string of the molecule is CC(O)(CNC(=O)c1cccc(NC(=O)C2CC2)c1)c1ccsc1. The highest BCUT2D eigenvalue weighted by atomic mass is 32.1. The normalized spacial score (nSPS) is 16.2.